The zero-order valence-electron chi connectivity index (χ0n) is 20.9. The second-order valence-corrected chi connectivity index (χ2v) is 11.1. The van der Waals surface area contributed by atoms with Gasteiger partial charge in [0.15, 0.2) is 10.7 Å². The highest BCUT2D eigenvalue weighted by Crippen LogP contribution is 2.32. The van der Waals surface area contributed by atoms with Crippen molar-refractivity contribution in [1.82, 2.24) is 14.3 Å². The minimum absolute atomic E-state index is 0.249. The number of unbranched alkanes of at least 4 members (excludes halogenated alkanes) is 1. The van der Waals surface area contributed by atoms with Crippen molar-refractivity contribution in [2.75, 3.05) is 19.6 Å². The summed E-state index contributed by atoms with van der Waals surface area (Å²) in [4.78, 5) is 21.2. The van der Waals surface area contributed by atoms with E-state index in [9.17, 15) is 4.79 Å². The average Bonchev–Trinajstić information content (AvgIpc) is 3.44. The number of benzene rings is 2. The molecule has 4 aromatic rings. The molecule has 184 valence electrons. The number of hydrogen-bond donors (Lipinski definition) is 1. The van der Waals surface area contributed by atoms with Gasteiger partial charge in [-0.2, -0.15) is 0 Å². The number of piperidine rings is 1. The molecule has 2 N–H and O–H groups in total. The van der Waals surface area contributed by atoms with Gasteiger partial charge in [-0.25, -0.2) is 4.98 Å². The molecule has 1 aliphatic heterocycles. The zero-order valence-corrected chi connectivity index (χ0v) is 21.7. The van der Waals surface area contributed by atoms with E-state index < -0.39 is 0 Å². The first-order valence-electron chi connectivity index (χ1n) is 13.0. The Labute approximate surface area is 212 Å². The maximum Gasteiger partial charge on any atom is 0.195 e. The lowest BCUT2D eigenvalue weighted by Crippen LogP contribution is -2.30. The van der Waals surface area contributed by atoms with Crippen LogP contribution >= 0.6 is 11.3 Å². The fourth-order valence-electron chi connectivity index (χ4n) is 5.24. The van der Waals surface area contributed by atoms with Crippen LogP contribution in [0.15, 0.2) is 42.6 Å². The molecule has 5 rings (SSSR count). The Bertz CT molecular complexity index is 1330. The third-order valence-corrected chi connectivity index (χ3v) is 8.29. The number of ketones is 1. The molecule has 1 aliphatic rings. The first kappa shape index (κ1) is 24.2. The molecule has 3 heterocycles. The molecule has 2 aromatic heterocycles. The molecule has 2 aromatic carbocycles. The SMILES string of the molecule is CC(C)c1cc(-c2cn3c(n2)sc2cc(C(=O)CCCCN4CCCCC4)ccc23)ccc1CN. The molecule has 0 spiro atoms. The standard InChI is InChI=1S/C29H36N4OS/c1-20(2)24-16-21(9-10-23(24)18-30)25-19-33-26-12-11-22(17-28(26)35-29(33)31-25)27(34)8-4-7-15-32-13-5-3-6-14-32/h9-12,16-17,19-20H,3-8,13-15,18,30H2,1-2H3. The zero-order chi connectivity index (χ0) is 24.4. The summed E-state index contributed by atoms with van der Waals surface area (Å²) >= 11 is 1.65. The molecule has 0 aliphatic carbocycles. The lowest BCUT2D eigenvalue weighted by molar-refractivity contribution is 0.0977. The monoisotopic (exact) mass is 488 g/mol. The van der Waals surface area contributed by atoms with Gasteiger partial charge in [0.1, 0.15) is 0 Å². The number of carbonyl (C=O) groups excluding carboxylic acids is 1. The Morgan fingerprint density at radius 2 is 1.91 bits per heavy atom. The molecule has 1 fully saturated rings. The van der Waals surface area contributed by atoms with Gasteiger partial charge < -0.3 is 10.6 Å². The van der Waals surface area contributed by atoms with Crippen molar-refractivity contribution in [3.8, 4) is 11.3 Å². The van der Waals surface area contributed by atoms with Crippen LogP contribution in [-0.2, 0) is 6.54 Å². The van der Waals surface area contributed by atoms with Crippen molar-refractivity contribution in [2.24, 2.45) is 5.73 Å². The largest absolute Gasteiger partial charge is 0.326 e. The van der Waals surface area contributed by atoms with Crippen LogP contribution in [0.4, 0.5) is 0 Å². The van der Waals surface area contributed by atoms with Crippen LogP contribution in [-0.4, -0.2) is 39.7 Å². The van der Waals surface area contributed by atoms with Gasteiger partial charge in [0.25, 0.3) is 0 Å². The van der Waals surface area contributed by atoms with E-state index in [1.807, 2.05) is 12.1 Å². The summed E-state index contributed by atoms with van der Waals surface area (Å²) in [6.45, 7) is 8.53. The predicted octanol–water partition coefficient (Wildman–Crippen LogP) is 6.64. The summed E-state index contributed by atoms with van der Waals surface area (Å²) in [6, 6.07) is 12.6. The Balaban J connectivity index is 1.29. The second kappa shape index (κ2) is 10.6. The molecule has 0 amide bonds. The number of nitrogens with zero attached hydrogens (tertiary/aromatic N) is 3. The van der Waals surface area contributed by atoms with Gasteiger partial charge in [-0.1, -0.05) is 43.7 Å². The molecule has 5 nitrogen and oxygen atoms in total. The maximum absolute atomic E-state index is 12.8. The van der Waals surface area contributed by atoms with Crippen molar-refractivity contribution in [3.05, 3.63) is 59.3 Å². The van der Waals surface area contributed by atoms with Crippen LogP contribution in [0.5, 0.6) is 0 Å². The van der Waals surface area contributed by atoms with Crippen LogP contribution < -0.4 is 5.73 Å². The average molecular weight is 489 g/mol. The van der Waals surface area contributed by atoms with E-state index in [1.165, 1.54) is 43.5 Å². The fraction of sp³-hybridized carbons (Fsp3) is 0.448. The smallest absolute Gasteiger partial charge is 0.195 e. The van der Waals surface area contributed by atoms with Crippen LogP contribution in [0.1, 0.15) is 79.8 Å². The summed E-state index contributed by atoms with van der Waals surface area (Å²) in [7, 11) is 0. The first-order chi connectivity index (χ1) is 17.0. The number of rotatable bonds is 9. The van der Waals surface area contributed by atoms with Crippen LogP contribution in [0, 0.1) is 0 Å². The number of hydrogen-bond acceptors (Lipinski definition) is 5. The van der Waals surface area contributed by atoms with Crippen LogP contribution in [0.2, 0.25) is 0 Å². The van der Waals surface area contributed by atoms with Gasteiger partial charge in [0.05, 0.1) is 15.9 Å². The van der Waals surface area contributed by atoms with Crippen molar-refractivity contribution < 1.29 is 4.79 Å². The molecular formula is C29H36N4OS. The molecule has 0 radical (unpaired) electrons. The van der Waals surface area contributed by atoms with Gasteiger partial charge in [-0.15, -0.1) is 0 Å². The summed E-state index contributed by atoms with van der Waals surface area (Å²) in [6.07, 6.45) is 8.82. The van der Waals surface area contributed by atoms with E-state index >= 15 is 0 Å². The molecule has 0 saturated carbocycles. The summed E-state index contributed by atoms with van der Waals surface area (Å²) in [5.74, 6) is 0.664. The number of fused-ring (bicyclic) bond motifs is 3. The van der Waals surface area contributed by atoms with E-state index in [4.69, 9.17) is 10.7 Å². The number of Topliss-reactive ketones (excluding diaryl/α,β-unsaturated/α-hetero) is 1. The van der Waals surface area contributed by atoms with Gasteiger partial charge in [0.2, 0.25) is 0 Å². The minimum atomic E-state index is 0.249. The third-order valence-electron chi connectivity index (χ3n) is 7.28. The topological polar surface area (TPSA) is 63.6 Å². The van der Waals surface area contributed by atoms with E-state index in [0.29, 0.717) is 18.9 Å². The molecule has 6 heteroatoms. The minimum Gasteiger partial charge on any atom is -0.326 e. The highest BCUT2D eigenvalue weighted by atomic mass is 32.1. The lowest BCUT2D eigenvalue weighted by atomic mass is 9.94. The van der Waals surface area contributed by atoms with E-state index in [2.05, 4.69) is 53.6 Å². The van der Waals surface area contributed by atoms with E-state index in [-0.39, 0.29) is 5.78 Å². The van der Waals surface area contributed by atoms with Crippen molar-refractivity contribution in [3.63, 3.8) is 0 Å². The molecular weight excluding hydrogens is 452 g/mol. The van der Waals surface area contributed by atoms with Gasteiger partial charge >= 0.3 is 0 Å². The first-order valence-corrected chi connectivity index (χ1v) is 13.9. The number of nitrogens with two attached hydrogens (primary N) is 1. The highest BCUT2D eigenvalue weighted by molar-refractivity contribution is 7.23. The van der Waals surface area contributed by atoms with Crippen LogP contribution in [0.3, 0.4) is 0 Å². The Morgan fingerprint density at radius 1 is 1.09 bits per heavy atom. The van der Waals surface area contributed by atoms with Crippen LogP contribution in [0.25, 0.3) is 26.4 Å². The molecule has 0 atom stereocenters. The summed E-state index contributed by atoms with van der Waals surface area (Å²) < 4.78 is 3.26. The number of carbonyl (C=O) groups is 1. The fourth-order valence-corrected chi connectivity index (χ4v) is 6.29. The Kier molecular flexibility index (Phi) is 7.32. The summed E-state index contributed by atoms with van der Waals surface area (Å²) in [5, 5.41) is 0. The highest BCUT2D eigenvalue weighted by Gasteiger charge is 2.15. The lowest BCUT2D eigenvalue weighted by Gasteiger charge is -2.26. The normalized spacial score (nSPS) is 15.0. The number of aromatic nitrogens is 2. The Morgan fingerprint density at radius 3 is 2.69 bits per heavy atom. The maximum atomic E-state index is 12.8. The number of imidazole rings is 1. The summed E-state index contributed by atoms with van der Waals surface area (Å²) in [5.41, 5.74) is 12.4. The molecule has 35 heavy (non-hydrogen) atoms. The number of likely N-dealkylation sites (tertiary alicyclic amines) is 1. The quantitative estimate of drug-likeness (QED) is 0.212. The van der Waals surface area contributed by atoms with E-state index in [0.717, 1.165) is 51.4 Å². The van der Waals surface area contributed by atoms with Crippen molar-refractivity contribution in [1.29, 1.82) is 0 Å². The number of thiazole rings is 1. The van der Waals surface area contributed by atoms with E-state index in [1.54, 1.807) is 11.3 Å². The molecule has 0 unspecified atom stereocenters. The second-order valence-electron chi connectivity index (χ2n) is 10.1. The predicted molar refractivity (Wildman–Crippen MR) is 146 cm³/mol. The molecule has 0 bridgehead atoms. The van der Waals surface area contributed by atoms with Gasteiger partial charge in [0, 0.05) is 30.3 Å². The van der Waals surface area contributed by atoms with Crippen molar-refractivity contribution >= 4 is 32.3 Å². The van der Waals surface area contributed by atoms with Gasteiger partial charge in [-0.05, 0) is 86.6 Å². The van der Waals surface area contributed by atoms with Crippen molar-refractivity contribution in [2.45, 2.75) is 64.8 Å². The van der Waals surface area contributed by atoms with Gasteiger partial charge in [-0.3, -0.25) is 9.20 Å². The third kappa shape index (κ3) is 5.20. The molecule has 1 saturated heterocycles. The Hall–Kier alpha value is -2.54.